The van der Waals surface area contributed by atoms with E-state index in [1.165, 1.54) is 12.1 Å². The second-order valence-corrected chi connectivity index (χ2v) is 4.77. The zero-order chi connectivity index (χ0) is 12.7. The Morgan fingerprint density at radius 2 is 2.06 bits per heavy atom. The third-order valence-electron chi connectivity index (χ3n) is 2.46. The summed E-state index contributed by atoms with van der Waals surface area (Å²) in [4.78, 5) is 0. The van der Waals surface area contributed by atoms with Gasteiger partial charge in [0.05, 0.1) is 0 Å². The first-order chi connectivity index (χ1) is 8.08. The van der Waals surface area contributed by atoms with Crippen molar-refractivity contribution < 1.29 is 9.13 Å². The van der Waals surface area contributed by atoms with Gasteiger partial charge in [-0.15, -0.1) is 0 Å². The van der Waals surface area contributed by atoms with Crippen molar-refractivity contribution >= 4 is 0 Å². The Morgan fingerprint density at radius 1 is 1.29 bits per heavy atom. The van der Waals surface area contributed by atoms with Crippen molar-refractivity contribution in [1.82, 2.24) is 5.32 Å². The molecular formula is C14H22FNO. The maximum absolute atomic E-state index is 12.9. The fourth-order valence-electron chi connectivity index (χ4n) is 1.51. The first kappa shape index (κ1) is 14.0. The lowest BCUT2D eigenvalue weighted by atomic mass is 10.1. The summed E-state index contributed by atoms with van der Waals surface area (Å²) in [5.41, 5.74) is 0. The Bertz CT molecular complexity index is 328. The molecule has 0 bridgehead atoms. The highest BCUT2D eigenvalue weighted by atomic mass is 19.1. The molecule has 0 spiro atoms. The van der Waals surface area contributed by atoms with E-state index in [1.54, 1.807) is 12.1 Å². The molecule has 1 N–H and O–H groups in total. The molecule has 1 rings (SSSR count). The zero-order valence-electron chi connectivity index (χ0n) is 10.9. The van der Waals surface area contributed by atoms with Crippen LogP contribution in [-0.2, 0) is 0 Å². The number of ether oxygens (including phenoxy) is 1. The van der Waals surface area contributed by atoms with Crippen LogP contribution in [0.2, 0.25) is 0 Å². The number of halogens is 1. The predicted octanol–water partition coefficient (Wildman–Crippen LogP) is 3.23. The molecule has 96 valence electrons. The largest absolute Gasteiger partial charge is 0.489 e. The van der Waals surface area contributed by atoms with Crippen molar-refractivity contribution in [1.29, 1.82) is 0 Å². The van der Waals surface area contributed by atoms with Crippen LogP contribution in [0.5, 0.6) is 5.75 Å². The summed E-state index contributed by atoms with van der Waals surface area (Å²) in [6.45, 7) is 8.16. The summed E-state index contributed by atoms with van der Waals surface area (Å²) in [6.07, 6.45) is 1.20. The van der Waals surface area contributed by atoms with Crippen LogP contribution in [0.3, 0.4) is 0 Å². The molecule has 1 aromatic carbocycles. The maximum Gasteiger partial charge on any atom is 0.126 e. The number of hydrogen-bond donors (Lipinski definition) is 1. The van der Waals surface area contributed by atoms with E-state index < -0.39 is 0 Å². The van der Waals surface area contributed by atoms with Crippen LogP contribution in [-0.4, -0.2) is 19.2 Å². The minimum atomic E-state index is -0.262. The summed E-state index contributed by atoms with van der Waals surface area (Å²) in [6, 6.07) is 6.25. The number of hydrogen-bond acceptors (Lipinski definition) is 2. The van der Waals surface area contributed by atoms with Crippen molar-refractivity contribution in [3.63, 3.8) is 0 Å². The lowest BCUT2D eigenvalue weighted by molar-refractivity contribution is 0.215. The highest BCUT2D eigenvalue weighted by Gasteiger charge is 2.04. The SMILES string of the molecule is CC(C)CCNCC(C)Oc1cccc(F)c1. The molecule has 0 aliphatic heterocycles. The molecule has 17 heavy (non-hydrogen) atoms. The normalized spacial score (nSPS) is 12.8. The molecule has 0 fully saturated rings. The smallest absolute Gasteiger partial charge is 0.126 e. The number of rotatable bonds is 7. The molecule has 0 aromatic heterocycles. The predicted molar refractivity (Wildman–Crippen MR) is 68.8 cm³/mol. The summed E-state index contributed by atoms with van der Waals surface area (Å²) in [5.74, 6) is 1.03. The average Bonchev–Trinajstić information content (AvgIpc) is 2.24. The van der Waals surface area contributed by atoms with Gasteiger partial charge in [0.1, 0.15) is 17.7 Å². The minimum Gasteiger partial charge on any atom is -0.489 e. The lowest BCUT2D eigenvalue weighted by Crippen LogP contribution is -2.30. The molecule has 1 aromatic rings. The van der Waals surface area contributed by atoms with E-state index in [4.69, 9.17) is 4.74 Å². The van der Waals surface area contributed by atoms with E-state index in [0.717, 1.165) is 19.5 Å². The van der Waals surface area contributed by atoms with Crippen LogP contribution in [0.4, 0.5) is 4.39 Å². The van der Waals surface area contributed by atoms with Crippen LogP contribution in [0.15, 0.2) is 24.3 Å². The van der Waals surface area contributed by atoms with E-state index in [-0.39, 0.29) is 11.9 Å². The van der Waals surface area contributed by atoms with Gasteiger partial charge in [-0.3, -0.25) is 0 Å². The summed E-state index contributed by atoms with van der Waals surface area (Å²) in [7, 11) is 0. The van der Waals surface area contributed by atoms with Gasteiger partial charge in [0, 0.05) is 12.6 Å². The van der Waals surface area contributed by atoms with Gasteiger partial charge in [-0.1, -0.05) is 19.9 Å². The Hall–Kier alpha value is -1.09. The molecule has 1 unspecified atom stereocenters. The molecule has 0 radical (unpaired) electrons. The minimum absolute atomic E-state index is 0.0453. The standard InChI is InChI=1S/C14H22FNO/c1-11(2)7-8-16-10-12(3)17-14-6-4-5-13(15)9-14/h4-6,9,11-12,16H,7-8,10H2,1-3H3. The maximum atomic E-state index is 12.9. The number of nitrogens with one attached hydrogen (secondary N) is 1. The van der Waals surface area contributed by atoms with Gasteiger partial charge in [-0.2, -0.15) is 0 Å². The first-order valence-electron chi connectivity index (χ1n) is 6.21. The quantitative estimate of drug-likeness (QED) is 0.738. The van der Waals surface area contributed by atoms with Crippen molar-refractivity contribution in [2.45, 2.75) is 33.3 Å². The van der Waals surface area contributed by atoms with Crippen LogP contribution in [0.1, 0.15) is 27.2 Å². The Morgan fingerprint density at radius 3 is 2.71 bits per heavy atom. The molecule has 3 heteroatoms. The van der Waals surface area contributed by atoms with Crippen LogP contribution in [0, 0.1) is 11.7 Å². The van der Waals surface area contributed by atoms with Crippen molar-refractivity contribution in [2.75, 3.05) is 13.1 Å². The van der Waals surface area contributed by atoms with Crippen LogP contribution < -0.4 is 10.1 Å². The highest BCUT2D eigenvalue weighted by Crippen LogP contribution is 2.13. The van der Waals surface area contributed by atoms with Crippen molar-refractivity contribution in [2.24, 2.45) is 5.92 Å². The van der Waals surface area contributed by atoms with E-state index in [0.29, 0.717) is 11.7 Å². The fraction of sp³-hybridized carbons (Fsp3) is 0.571. The zero-order valence-corrected chi connectivity index (χ0v) is 10.9. The second kappa shape index (κ2) is 7.28. The van der Waals surface area contributed by atoms with Gasteiger partial charge >= 0.3 is 0 Å². The first-order valence-corrected chi connectivity index (χ1v) is 6.21. The Balaban J connectivity index is 2.23. The lowest BCUT2D eigenvalue weighted by Gasteiger charge is -2.16. The third-order valence-corrected chi connectivity index (χ3v) is 2.46. The van der Waals surface area contributed by atoms with Crippen LogP contribution in [0.25, 0.3) is 0 Å². The van der Waals surface area contributed by atoms with Crippen LogP contribution >= 0.6 is 0 Å². The Kier molecular flexibility index (Phi) is 5.98. The monoisotopic (exact) mass is 239 g/mol. The van der Waals surface area contributed by atoms with Crippen molar-refractivity contribution in [3.8, 4) is 5.75 Å². The van der Waals surface area contributed by atoms with Crippen molar-refractivity contribution in [3.05, 3.63) is 30.1 Å². The molecule has 0 saturated carbocycles. The molecule has 1 atom stereocenters. The fourth-order valence-corrected chi connectivity index (χ4v) is 1.51. The van der Waals surface area contributed by atoms with Gasteiger partial charge in [-0.25, -0.2) is 4.39 Å². The topological polar surface area (TPSA) is 21.3 Å². The van der Waals surface area contributed by atoms with Gasteiger partial charge in [0.2, 0.25) is 0 Å². The summed E-state index contributed by atoms with van der Waals surface area (Å²) >= 11 is 0. The van der Waals surface area contributed by atoms with Gasteiger partial charge in [0.15, 0.2) is 0 Å². The molecule has 0 aliphatic rings. The average molecular weight is 239 g/mol. The molecule has 0 saturated heterocycles. The molecule has 0 heterocycles. The number of benzene rings is 1. The molecule has 2 nitrogen and oxygen atoms in total. The third kappa shape index (κ3) is 6.27. The summed E-state index contributed by atoms with van der Waals surface area (Å²) in [5, 5.41) is 3.33. The molecule has 0 aliphatic carbocycles. The van der Waals surface area contributed by atoms with E-state index in [1.807, 2.05) is 6.92 Å². The van der Waals surface area contributed by atoms with Gasteiger partial charge < -0.3 is 10.1 Å². The van der Waals surface area contributed by atoms with E-state index in [9.17, 15) is 4.39 Å². The summed E-state index contributed by atoms with van der Waals surface area (Å²) < 4.78 is 18.5. The van der Waals surface area contributed by atoms with E-state index >= 15 is 0 Å². The van der Waals surface area contributed by atoms with Gasteiger partial charge in [-0.05, 0) is 37.9 Å². The molecular weight excluding hydrogens is 217 g/mol. The second-order valence-electron chi connectivity index (χ2n) is 4.77. The highest BCUT2D eigenvalue weighted by molar-refractivity contribution is 5.22. The molecule has 0 amide bonds. The Labute approximate surface area is 103 Å². The van der Waals surface area contributed by atoms with E-state index in [2.05, 4.69) is 19.2 Å². The van der Waals surface area contributed by atoms with Gasteiger partial charge in [0.25, 0.3) is 0 Å².